The van der Waals surface area contributed by atoms with Gasteiger partial charge in [-0.3, -0.25) is 4.79 Å². The average Bonchev–Trinajstić information content (AvgIpc) is 3.15. The second kappa shape index (κ2) is 10.1. The molecule has 9 nitrogen and oxygen atoms in total. The SMILES string of the molecule is CC(C)NS(=O)(=O)c1ccc2[nH]c(O)c(N=Nc3cccc(C(=O)NCc4ccccc4)c3)c2c1. The molecule has 0 unspecified atom stereocenters. The van der Waals surface area contributed by atoms with Gasteiger partial charge in [-0.1, -0.05) is 36.4 Å². The number of nitrogens with zero attached hydrogens (tertiary/aromatic N) is 2. The van der Waals surface area contributed by atoms with Crippen molar-refractivity contribution in [1.29, 1.82) is 0 Å². The highest BCUT2D eigenvalue weighted by atomic mass is 32.2. The van der Waals surface area contributed by atoms with Crippen LogP contribution in [0.2, 0.25) is 0 Å². The summed E-state index contributed by atoms with van der Waals surface area (Å²) in [6.07, 6.45) is 0. The zero-order valence-electron chi connectivity index (χ0n) is 19.2. The molecule has 10 heteroatoms. The van der Waals surface area contributed by atoms with Crippen LogP contribution in [0.4, 0.5) is 11.4 Å². The van der Waals surface area contributed by atoms with Crippen LogP contribution in [0.15, 0.2) is 87.9 Å². The van der Waals surface area contributed by atoms with Gasteiger partial charge in [-0.2, -0.15) is 5.11 Å². The molecule has 0 aliphatic heterocycles. The lowest BCUT2D eigenvalue weighted by Gasteiger charge is -2.09. The predicted octanol–water partition coefficient (Wildman–Crippen LogP) is 4.91. The van der Waals surface area contributed by atoms with Crippen LogP contribution < -0.4 is 10.0 Å². The summed E-state index contributed by atoms with van der Waals surface area (Å²) in [5.41, 5.74) is 2.40. The van der Waals surface area contributed by atoms with E-state index in [9.17, 15) is 18.3 Å². The standard InChI is InChI=1S/C25H25N5O4S/c1-16(2)30-35(33,34)20-11-12-22-21(14-20)23(25(32)27-22)29-28-19-10-6-9-18(13-19)24(31)26-15-17-7-4-3-5-8-17/h3-14,16,27,30,32H,15H2,1-2H3,(H,26,31). The van der Waals surface area contributed by atoms with Gasteiger partial charge in [0.1, 0.15) is 0 Å². The first-order valence-electron chi connectivity index (χ1n) is 10.9. The predicted molar refractivity (Wildman–Crippen MR) is 134 cm³/mol. The number of nitrogens with one attached hydrogen (secondary N) is 3. The van der Waals surface area contributed by atoms with Gasteiger partial charge in [0, 0.05) is 23.5 Å². The quantitative estimate of drug-likeness (QED) is 0.260. The van der Waals surface area contributed by atoms with E-state index in [-0.39, 0.29) is 28.4 Å². The first kappa shape index (κ1) is 24.1. The maximum absolute atomic E-state index is 12.6. The van der Waals surface area contributed by atoms with E-state index in [1.807, 2.05) is 30.3 Å². The van der Waals surface area contributed by atoms with Gasteiger partial charge >= 0.3 is 0 Å². The molecule has 35 heavy (non-hydrogen) atoms. The van der Waals surface area contributed by atoms with E-state index in [2.05, 4.69) is 25.3 Å². The van der Waals surface area contributed by atoms with Crippen LogP contribution >= 0.6 is 0 Å². The van der Waals surface area contributed by atoms with Crippen molar-refractivity contribution in [2.45, 2.75) is 31.3 Å². The second-order valence-electron chi connectivity index (χ2n) is 8.22. The number of aromatic hydroxyl groups is 1. The fourth-order valence-corrected chi connectivity index (χ4v) is 4.76. The molecular weight excluding hydrogens is 466 g/mol. The lowest BCUT2D eigenvalue weighted by Crippen LogP contribution is -2.30. The summed E-state index contributed by atoms with van der Waals surface area (Å²) in [7, 11) is -3.73. The molecule has 0 aliphatic carbocycles. The van der Waals surface area contributed by atoms with Gasteiger partial charge in [0.05, 0.1) is 16.1 Å². The summed E-state index contributed by atoms with van der Waals surface area (Å²) >= 11 is 0. The first-order chi connectivity index (χ1) is 16.7. The number of benzene rings is 3. The maximum Gasteiger partial charge on any atom is 0.251 e. The molecule has 4 rings (SSSR count). The molecule has 0 radical (unpaired) electrons. The van der Waals surface area contributed by atoms with Gasteiger partial charge < -0.3 is 15.4 Å². The molecule has 1 heterocycles. The third-order valence-corrected chi connectivity index (χ3v) is 6.75. The zero-order valence-corrected chi connectivity index (χ0v) is 20.0. The fraction of sp³-hybridized carbons (Fsp3) is 0.160. The maximum atomic E-state index is 12.6. The molecule has 0 saturated heterocycles. The van der Waals surface area contributed by atoms with Gasteiger partial charge in [-0.05, 0) is 55.8 Å². The largest absolute Gasteiger partial charge is 0.493 e. The number of amides is 1. The molecule has 0 bridgehead atoms. The van der Waals surface area contributed by atoms with Crippen molar-refractivity contribution in [2.75, 3.05) is 0 Å². The van der Waals surface area contributed by atoms with Crippen molar-refractivity contribution in [3.8, 4) is 5.88 Å². The Morgan fingerprint density at radius 1 is 1.00 bits per heavy atom. The van der Waals surface area contributed by atoms with Crippen LogP contribution in [0.25, 0.3) is 10.9 Å². The third-order valence-electron chi connectivity index (χ3n) is 5.09. The highest BCUT2D eigenvalue weighted by Crippen LogP contribution is 2.37. The number of hydrogen-bond donors (Lipinski definition) is 4. The van der Waals surface area contributed by atoms with E-state index in [1.54, 1.807) is 44.2 Å². The van der Waals surface area contributed by atoms with E-state index >= 15 is 0 Å². The van der Waals surface area contributed by atoms with Crippen LogP contribution in [0.1, 0.15) is 29.8 Å². The summed E-state index contributed by atoms with van der Waals surface area (Å²) in [4.78, 5) is 15.4. The number of hydrogen-bond acceptors (Lipinski definition) is 6. The fourth-order valence-electron chi connectivity index (χ4n) is 3.49. The van der Waals surface area contributed by atoms with E-state index in [1.165, 1.54) is 12.1 Å². The number of aromatic amines is 1. The van der Waals surface area contributed by atoms with Crippen molar-refractivity contribution in [3.05, 3.63) is 83.9 Å². The number of fused-ring (bicyclic) bond motifs is 1. The topological polar surface area (TPSA) is 136 Å². The lowest BCUT2D eigenvalue weighted by atomic mass is 10.1. The molecule has 0 saturated carbocycles. The van der Waals surface area contributed by atoms with E-state index in [0.29, 0.717) is 28.7 Å². The van der Waals surface area contributed by atoms with Crippen molar-refractivity contribution in [3.63, 3.8) is 0 Å². The lowest BCUT2D eigenvalue weighted by molar-refractivity contribution is 0.0951. The summed E-state index contributed by atoms with van der Waals surface area (Å²) in [6.45, 7) is 3.85. The Morgan fingerprint density at radius 3 is 2.51 bits per heavy atom. The average molecular weight is 492 g/mol. The monoisotopic (exact) mass is 491 g/mol. The Morgan fingerprint density at radius 2 is 1.77 bits per heavy atom. The molecule has 3 aromatic carbocycles. The number of H-pyrrole nitrogens is 1. The molecule has 4 aromatic rings. The molecule has 1 aromatic heterocycles. The summed E-state index contributed by atoms with van der Waals surface area (Å²) in [6, 6.07) is 20.3. The minimum absolute atomic E-state index is 0.0474. The Kier molecular flexibility index (Phi) is 6.94. The number of azo groups is 1. The molecule has 0 aliphatic rings. The van der Waals surface area contributed by atoms with Gasteiger partial charge in [0.2, 0.25) is 15.9 Å². The molecule has 1 amide bonds. The van der Waals surface area contributed by atoms with Crippen LogP contribution in [-0.2, 0) is 16.6 Å². The van der Waals surface area contributed by atoms with Crippen LogP contribution in [0, 0.1) is 0 Å². The zero-order chi connectivity index (χ0) is 25.0. The Bertz CT molecular complexity index is 1500. The summed E-state index contributed by atoms with van der Waals surface area (Å²) < 4.78 is 27.6. The van der Waals surface area contributed by atoms with E-state index in [4.69, 9.17) is 0 Å². The minimum atomic E-state index is -3.73. The highest BCUT2D eigenvalue weighted by molar-refractivity contribution is 7.89. The van der Waals surface area contributed by atoms with Crippen molar-refractivity contribution < 1.29 is 18.3 Å². The Balaban J connectivity index is 1.57. The Labute approximate surface area is 203 Å². The second-order valence-corrected chi connectivity index (χ2v) is 9.94. The van der Waals surface area contributed by atoms with Crippen molar-refractivity contribution >= 4 is 38.2 Å². The molecule has 4 N–H and O–H groups in total. The van der Waals surface area contributed by atoms with Gasteiger partial charge in [0.15, 0.2) is 5.69 Å². The number of carbonyl (C=O) groups is 1. The minimum Gasteiger partial charge on any atom is -0.493 e. The van der Waals surface area contributed by atoms with Crippen molar-refractivity contribution in [1.82, 2.24) is 15.0 Å². The summed E-state index contributed by atoms with van der Waals surface area (Å²) in [5, 5.41) is 21.9. The molecule has 0 atom stereocenters. The molecular formula is C25H25N5O4S. The normalized spacial score (nSPS) is 12.0. The van der Waals surface area contributed by atoms with Gasteiger partial charge in [0.25, 0.3) is 5.91 Å². The van der Waals surface area contributed by atoms with Crippen LogP contribution in [0.5, 0.6) is 5.88 Å². The van der Waals surface area contributed by atoms with Gasteiger partial charge in [-0.25, -0.2) is 13.1 Å². The molecule has 180 valence electrons. The summed E-state index contributed by atoms with van der Waals surface area (Å²) in [5.74, 6) is -0.500. The molecule has 0 fully saturated rings. The number of carbonyl (C=O) groups excluding carboxylic acids is 1. The number of sulfonamides is 1. The Hall–Kier alpha value is -4.02. The molecule has 0 spiro atoms. The highest BCUT2D eigenvalue weighted by Gasteiger charge is 2.19. The van der Waals surface area contributed by atoms with E-state index in [0.717, 1.165) is 5.56 Å². The third kappa shape index (κ3) is 5.73. The smallest absolute Gasteiger partial charge is 0.251 e. The van der Waals surface area contributed by atoms with E-state index < -0.39 is 10.0 Å². The van der Waals surface area contributed by atoms with Crippen LogP contribution in [0.3, 0.4) is 0 Å². The number of rotatable bonds is 8. The first-order valence-corrected chi connectivity index (χ1v) is 12.4. The van der Waals surface area contributed by atoms with Crippen molar-refractivity contribution in [2.24, 2.45) is 10.2 Å². The van der Waals surface area contributed by atoms with Crippen LogP contribution in [-0.4, -0.2) is 30.5 Å². The van der Waals surface area contributed by atoms with Gasteiger partial charge in [-0.15, -0.1) is 5.11 Å². The number of aromatic nitrogens is 1.